The van der Waals surface area contributed by atoms with Crippen LogP contribution in [0.25, 0.3) is 0 Å². The summed E-state index contributed by atoms with van der Waals surface area (Å²) in [5.74, 6) is 5.21. The van der Waals surface area contributed by atoms with E-state index in [1.165, 1.54) is 57.4 Å². The minimum atomic E-state index is -1.30. The molecule has 1 saturated heterocycles. The number of allylic oxidation sites excluding steroid dienone is 1. The molecule has 14 atom stereocenters. The Balaban J connectivity index is 1.26. The van der Waals surface area contributed by atoms with Gasteiger partial charge in [0.15, 0.2) is 6.29 Å². The highest BCUT2D eigenvalue weighted by Crippen LogP contribution is 2.67. The summed E-state index contributed by atoms with van der Waals surface area (Å²) in [6.07, 6.45) is 10.1. The topological polar surface area (TPSA) is 108 Å². The fourth-order valence-electron chi connectivity index (χ4n) is 10.6. The first-order valence-electron chi connectivity index (χ1n) is 17.5. The SMILES string of the molecule is CC(=O)N[C@H]1[C@H](O[C@H]2CC[C@@]3(C)C(=CC[C@H]4[C@@H]5CC[C@H]([C@H](C)CC[C@@H](C)C(C)C)[C@@]5(C)CC[C@@H]43)C2)O[C@H](CO)[C@@H](O)[C@@H]1O. The van der Waals surface area contributed by atoms with Crippen molar-refractivity contribution in [3.8, 4) is 0 Å². The predicted molar refractivity (Wildman–Crippen MR) is 168 cm³/mol. The highest BCUT2D eigenvalue weighted by atomic mass is 16.7. The van der Waals surface area contributed by atoms with E-state index in [9.17, 15) is 20.1 Å². The molecule has 0 unspecified atom stereocenters. The van der Waals surface area contributed by atoms with Gasteiger partial charge >= 0.3 is 0 Å². The molecule has 1 amide bonds. The Morgan fingerprint density at radius 2 is 1.79 bits per heavy atom. The number of ether oxygens (including phenoxy) is 2. The van der Waals surface area contributed by atoms with Gasteiger partial charge in [0.1, 0.15) is 24.4 Å². The van der Waals surface area contributed by atoms with Crippen molar-refractivity contribution in [1.82, 2.24) is 5.32 Å². The molecular weight excluding hydrogens is 542 g/mol. The summed E-state index contributed by atoms with van der Waals surface area (Å²) in [6, 6.07) is -0.893. The molecule has 4 aliphatic carbocycles. The number of fused-ring (bicyclic) bond motifs is 5. The number of carbonyl (C=O) groups excluding carboxylic acids is 1. The first kappa shape index (κ1) is 33.4. The Bertz CT molecular complexity index is 1020. The Morgan fingerprint density at radius 1 is 1.05 bits per heavy atom. The molecule has 1 aliphatic heterocycles. The fraction of sp³-hybridized carbons (Fsp3) is 0.917. The van der Waals surface area contributed by atoms with Gasteiger partial charge in [0.25, 0.3) is 0 Å². The van der Waals surface area contributed by atoms with Gasteiger partial charge in [0.2, 0.25) is 5.91 Å². The smallest absolute Gasteiger partial charge is 0.217 e. The maximum Gasteiger partial charge on any atom is 0.217 e. The largest absolute Gasteiger partial charge is 0.394 e. The maximum absolute atomic E-state index is 11.9. The molecular formula is C36H61NO6. The van der Waals surface area contributed by atoms with Crippen LogP contribution in [0.5, 0.6) is 0 Å². The van der Waals surface area contributed by atoms with Gasteiger partial charge < -0.3 is 30.1 Å². The average molecular weight is 604 g/mol. The molecule has 0 aromatic carbocycles. The monoisotopic (exact) mass is 603 g/mol. The van der Waals surface area contributed by atoms with Gasteiger partial charge in [-0.3, -0.25) is 4.79 Å². The van der Waals surface area contributed by atoms with Crippen molar-refractivity contribution in [2.75, 3.05) is 6.61 Å². The lowest BCUT2D eigenvalue weighted by atomic mass is 9.47. The minimum absolute atomic E-state index is 0.0993. The van der Waals surface area contributed by atoms with E-state index in [-0.39, 0.29) is 17.4 Å². The van der Waals surface area contributed by atoms with Crippen LogP contribution >= 0.6 is 0 Å². The molecule has 0 aromatic heterocycles. The summed E-state index contributed by atoms with van der Waals surface area (Å²) >= 11 is 0. The molecule has 0 spiro atoms. The third-order valence-corrected chi connectivity index (χ3v) is 13.6. The maximum atomic E-state index is 11.9. The van der Waals surface area contributed by atoms with Crippen LogP contribution in [0, 0.1) is 52.3 Å². The van der Waals surface area contributed by atoms with Crippen LogP contribution in [-0.4, -0.2) is 64.6 Å². The normalized spacial score (nSPS) is 45.9. The molecule has 1 heterocycles. The van der Waals surface area contributed by atoms with E-state index >= 15 is 0 Å². The summed E-state index contributed by atoms with van der Waals surface area (Å²) < 4.78 is 12.3. The third-order valence-electron chi connectivity index (χ3n) is 13.6. The van der Waals surface area contributed by atoms with Crippen molar-refractivity contribution in [1.29, 1.82) is 0 Å². The molecule has 0 aromatic rings. The molecule has 43 heavy (non-hydrogen) atoms. The summed E-state index contributed by atoms with van der Waals surface area (Å²) in [5.41, 5.74) is 2.16. The standard InChI is InChI=1S/C36H61NO6/c1-20(2)21(3)8-9-22(4)27-12-13-28-26-11-10-24-18-25(14-16-35(24,6)29(26)15-17-36(27,28)7)42-34-31(37-23(5)39)33(41)32(40)30(19-38)43-34/h10,20-22,25-34,38,40-41H,8-9,11-19H2,1-7H3,(H,37,39)/t21-,22-,25+,26+,27-,28+,29+,30-,31-,32-,33-,34-,35+,36-/m1/s1. The Morgan fingerprint density at radius 3 is 2.47 bits per heavy atom. The molecule has 246 valence electrons. The molecule has 4 N–H and O–H groups in total. The highest BCUT2D eigenvalue weighted by molar-refractivity contribution is 5.73. The zero-order chi connectivity index (χ0) is 31.3. The summed E-state index contributed by atoms with van der Waals surface area (Å²) in [7, 11) is 0. The lowest BCUT2D eigenvalue weighted by Gasteiger charge is -2.58. The summed E-state index contributed by atoms with van der Waals surface area (Å²) in [6.45, 7) is 15.8. The number of hydrogen-bond donors (Lipinski definition) is 4. The molecule has 7 heteroatoms. The van der Waals surface area contributed by atoms with Crippen molar-refractivity contribution in [2.45, 2.75) is 149 Å². The molecule has 4 fully saturated rings. The minimum Gasteiger partial charge on any atom is -0.394 e. The van der Waals surface area contributed by atoms with Gasteiger partial charge in [-0.15, -0.1) is 0 Å². The van der Waals surface area contributed by atoms with E-state index in [4.69, 9.17) is 9.47 Å². The average Bonchev–Trinajstić information content (AvgIpc) is 3.32. The van der Waals surface area contributed by atoms with E-state index in [1.54, 1.807) is 0 Å². The fourth-order valence-corrected chi connectivity index (χ4v) is 10.6. The first-order chi connectivity index (χ1) is 20.3. The summed E-state index contributed by atoms with van der Waals surface area (Å²) in [4.78, 5) is 11.9. The second-order valence-electron chi connectivity index (χ2n) is 16.2. The Hall–Kier alpha value is -0.990. The van der Waals surface area contributed by atoms with Crippen LogP contribution in [0.4, 0.5) is 0 Å². The molecule has 0 radical (unpaired) electrons. The number of carbonyl (C=O) groups is 1. The highest BCUT2D eigenvalue weighted by Gasteiger charge is 2.59. The second kappa shape index (κ2) is 13.0. The quantitative estimate of drug-likeness (QED) is 0.256. The van der Waals surface area contributed by atoms with E-state index in [0.29, 0.717) is 5.41 Å². The molecule has 3 saturated carbocycles. The van der Waals surface area contributed by atoms with Crippen LogP contribution in [-0.2, 0) is 14.3 Å². The Labute approximate surface area is 260 Å². The van der Waals surface area contributed by atoms with Gasteiger partial charge in [0, 0.05) is 6.92 Å². The van der Waals surface area contributed by atoms with E-state index in [2.05, 4.69) is 52.9 Å². The number of rotatable bonds is 9. The van der Waals surface area contributed by atoms with Gasteiger partial charge in [-0.25, -0.2) is 0 Å². The lowest BCUT2D eigenvalue weighted by molar-refractivity contribution is -0.284. The second-order valence-corrected chi connectivity index (χ2v) is 16.2. The number of nitrogens with one attached hydrogen (secondary N) is 1. The van der Waals surface area contributed by atoms with E-state index < -0.39 is 37.3 Å². The number of aliphatic hydroxyl groups excluding tert-OH is 3. The van der Waals surface area contributed by atoms with Crippen LogP contribution in [0.3, 0.4) is 0 Å². The van der Waals surface area contributed by atoms with E-state index in [0.717, 1.165) is 60.7 Å². The number of hydrogen-bond acceptors (Lipinski definition) is 6. The van der Waals surface area contributed by atoms with Crippen molar-refractivity contribution in [3.05, 3.63) is 11.6 Å². The van der Waals surface area contributed by atoms with Gasteiger partial charge in [0.05, 0.1) is 12.7 Å². The third kappa shape index (κ3) is 6.24. The number of amides is 1. The zero-order valence-corrected chi connectivity index (χ0v) is 27.9. The van der Waals surface area contributed by atoms with Gasteiger partial charge in [-0.2, -0.15) is 0 Å². The lowest BCUT2D eigenvalue weighted by Crippen LogP contribution is -2.65. The van der Waals surface area contributed by atoms with Crippen LogP contribution < -0.4 is 5.32 Å². The molecule has 7 nitrogen and oxygen atoms in total. The number of aliphatic hydroxyl groups is 3. The predicted octanol–water partition coefficient (Wildman–Crippen LogP) is 5.60. The van der Waals surface area contributed by atoms with E-state index in [1.807, 2.05) is 0 Å². The van der Waals surface area contributed by atoms with Crippen molar-refractivity contribution < 1.29 is 29.6 Å². The van der Waals surface area contributed by atoms with Gasteiger partial charge in [-0.1, -0.05) is 66.0 Å². The first-order valence-corrected chi connectivity index (χ1v) is 17.5. The molecule has 5 aliphatic rings. The molecule has 0 bridgehead atoms. The van der Waals surface area contributed by atoms with Crippen molar-refractivity contribution in [2.24, 2.45) is 52.3 Å². The Kier molecular flexibility index (Phi) is 10.1. The van der Waals surface area contributed by atoms with Crippen LogP contribution in [0.15, 0.2) is 11.6 Å². The summed E-state index contributed by atoms with van der Waals surface area (Å²) in [5, 5.41) is 33.5. The van der Waals surface area contributed by atoms with Crippen LogP contribution in [0.1, 0.15) is 113 Å². The van der Waals surface area contributed by atoms with Crippen molar-refractivity contribution in [3.63, 3.8) is 0 Å². The van der Waals surface area contributed by atoms with Crippen LogP contribution in [0.2, 0.25) is 0 Å². The molecule has 5 rings (SSSR count). The zero-order valence-electron chi connectivity index (χ0n) is 27.9. The van der Waals surface area contributed by atoms with Crippen molar-refractivity contribution >= 4 is 5.91 Å². The van der Waals surface area contributed by atoms with Gasteiger partial charge in [-0.05, 0) is 104 Å².